The van der Waals surface area contributed by atoms with Crippen LogP contribution >= 0.6 is 0 Å². The van der Waals surface area contributed by atoms with E-state index >= 15 is 0 Å². The molecule has 2 rings (SSSR count). The van der Waals surface area contributed by atoms with Gasteiger partial charge in [0.15, 0.2) is 0 Å². The van der Waals surface area contributed by atoms with Crippen LogP contribution in [0.4, 0.5) is 0 Å². The smallest absolute Gasteiger partial charge is 0.138 e. The predicted molar refractivity (Wildman–Crippen MR) is 77.9 cm³/mol. The molecule has 0 saturated heterocycles. The minimum Gasteiger partial charge on any atom is -0.325 e. The Morgan fingerprint density at radius 2 is 2.11 bits per heavy atom. The molecule has 2 N–H and O–H groups in total. The van der Waals surface area contributed by atoms with E-state index in [4.69, 9.17) is 5.73 Å². The number of hydrogen-bond donors (Lipinski definition) is 1. The lowest BCUT2D eigenvalue weighted by molar-refractivity contribution is 0.218. The molecule has 1 aromatic heterocycles. The molecule has 0 radical (unpaired) electrons. The zero-order valence-electron chi connectivity index (χ0n) is 12.6. The van der Waals surface area contributed by atoms with Crippen molar-refractivity contribution in [3.05, 3.63) is 12.2 Å². The minimum atomic E-state index is -0.0656. The fourth-order valence-electron chi connectivity index (χ4n) is 3.27. The monoisotopic (exact) mass is 264 g/mol. The summed E-state index contributed by atoms with van der Waals surface area (Å²) in [6.45, 7) is 6.55. The molecule has 0 atom stereocenters. The highest BCUT2D eigenvalue weighted by atomic mass is 15.3. The van der Waals surface area contributed by atoms with E-state index in [2.05, 4.69) is 30.9 Å². The van der Waals surface area contributed by atoms with Gasteiger partial charge >= 0.3 is 0 Å². The average molecular weight is 264 g/mol. The van der Waals surface area contributed by atoms with Gasteiger partial charge in [0.2, 0.25) is 0 Å². The van der Waals surface area contributed by atoms with Crippen LogP contribution in [-0.4, -0.2) is 20.3 Å². The lowest BCUT2D eigenvalue weighted by atomic mass is 9.74. The van der Waals surface area contributed by atoms with Gasteiger partial charge in [-0.1, -0.05) is 19.8 Å². The molecule has 0 aromatic carbocycles. The predicted octanol–water partition coefficient (Wildman–Crippen LogP) is 3.09. The Hall–Kier alpha value is -0.900. The van der Waals surface area contributed by atoms with E-state index in [0.717, 1.165) is 31.0 Å². The van der Waals surface area contributed by atoms with Crippen LogP contribution in [0.15, 0.2) is 6.33 Å². The van der Waals surface area contributed by atoms with Crippen molar-refractivity contribution in [1.29, 1.82) is 0 Å². The molecule has 1 aromatic rings. The van der Waals surface area contributed by atoms with E-state index in [1.54, 1.807) is 6.33 Å². The van der Waals surface area contributed by atoms with Crippen molar-refractivity contribution in [2.24, 2.45) is 11.7 Å². The van der Waals surface area contributed by atoms with Crippen molar-refractivity contribution >= 4 is 0 Å². The molecule has 0 unspecified atom stereocenters. The topological polar surface area (TPSA) is 56.7 Å². The lowest BCUT2D eigenvalue weighted by Crippen LogP contribution is -2.46. The second kappa shape index (κ2) is 6.04. The Kier molecular flexibility index (Phi) is 4.61. The van der Waals surface area contributed by atoms with Crippen LogP contribution in [0.1, 0.15) is 71.2 Å². The van der Waals surface area contributed by atoms with Crippen molar-refractivity contribution < 1.29 is 0 Å². The molecule has 4 heteroatoms. The average Bonchev–Trinajstić information content (AvgIpc) is 2.80. The molecule has 19 heavy (non-hydrogen) atoms. The van der Waals surface area contributed by atoms with Crippen molar-refractivity contribution in [3.63, 3.8) is 0 Å². The highest BCUT2D eigenvalue weighted by Gasteiger charge is 2.33. The zero-order valence-corrected chi connectivity index (χ0v) is 12.6. The van der Waals surface area contributed by atoms with E-state index in [1.807, 2.05) is 4.68 Å². The van der Waals surface area contributed by atoms with Crippen LogP contribution in [0, 0.1) is 5.92 Å². The summed E-state index contributed by atoms with van der Waals surface area (Å²) in [6.07, 6.45) is 9.99. The Bertz CT molecular complexity index is 389. The Morgan fingerprint density at radius 3 is 2.68 bits per heavy atom. The lowest BCUT2D eigenvalue weighted by Gasteiger charge is -2.37. The molecular weight excluding hydrogens is 236 g/mol. The summed E-state index contributed by atoms with van der Waals surface area (Å²) in [7, 11) is 0. The van der Waals surface area contributed by atoms with Crippen molar-refractivity contribution in [1.82, 2.24) is 14.8 Å². The second-order valence-corrected chi connectivity index (χ2v) is 6.49. The van der Waals surface area contributed by atoms with Crippen molar-refractivity contribution in [2.45, 2.75) is 77.3 Å². The molecule has 0 amide bonds. The first-order valence-electron chi connectivity index (χ1n) is 7.71. The van der Waals surface area contributed by atoms with Crippen molar-refractivity contribution in [2.75, 3.05) is 0 Å². The number of aromatic nitrogens is 3. The largest absolute Gasteiger partial charge is 0.325 e. The maximum Gasteiger partial charge on any atom is 0.138 e. The maximum absolute atomic E-state index is 6.60. The number of nitrogens with two attached hydrogens (primary N) is 1. The third kappa shape index (κ3) is 3.56. The quantitative estimate of drug-likeness (QED) is 0.889. The van der Waals surface area contributed by atoms with E-state index in [9.17, 15) is 0 Å². The number of nitrogens with zero attached hydrogens (tertiary/aromatic N) is 3. The van der Waals surface area contributed by atoms with Gasteiger partial charge in [-0.15, -0.1) is 0 Å². The van der Waals surface area contributed by atoms with E-state index in [1.165, 1.54) is 25.7 Å². The molecule has 1 fully saturated rings. The van der Waals surface area contributed by atoms with Gasteiger partial charge < -0.3 is 5.73 Å². The zero-order chi connectivity index (χ0) is 13.9. The molecule has 1 heterocycles. The van der Waals surface area contributed by atoms with Gasteiger partial charge in [-0.2, -0.15) is 5.10 Å². The SMILES string of the molecule is CCCC1CCC(N)(Cc2ncnn2C(C)C)CC1. The first-order chi connectivity index (χ1) is 9.04. The number of rotatable bonds is 5. The van der Waals surface area contributed by atoms with Gasteiger partial charge in [-0.05, 0) is 45.4 Å². The highest BCUT2D eigenvalue weighted by Crippen LogP contribution is 2.34. The van der Waals surface area contributed by atoms with E-state index in [-0.39, 0.29) is 5.54 Å². The minimum absolute atomic E-state index is 0.0656. The molecule has 0 aliphatic heterocycles. The van der Waals surface area contributed by atoms with Crippen LogP contribution < -0.4 is 5.73 Å². The van der Waals surface area contributed by atoms with Crippen LogP contribution in [-0.2, 0) is 6.42 Å². The second-order valence-electron chi connectivity index (χ2n) is 6.49. The standard InChI is InChI=1S/C15H28N4/c1-4-5-13-6-8-15(16,9-7-13)10-14-17-11-18-19(14)12(2)3/h11-13H,4-10,16H2,1-3H3. The van der Waals surface area contributed by atoms with Crippen LogP contribution in [0.25, 0.3) is 0 Å². The molecule has 1 saturated carbocycles. The third-order valence-corrected chi connectivity index (χ3v) is 4.44. The fourth-order valence-corrected chi connectivity index (χ4v) is 3.27. The van der Waals surface area contributed by atoms with Crippen LogP contribution in [0.3, 0.4) is 0 Å². The van der Waals surface area contributed by atoms with Crippen molar-refractivity contribution in [3.8, 4) is 0 Å². The van der Waals surface area contributed by atoms with Crippen LogP contribution in [0.5, 0.6) is 0 Å². The Balaban J connectivity index is 1.97. The summed E-state index contributed by atoms with van der Waals surface area (Å²) < 4.78 is 2.01. The normalized spacial score (nSPS) is 27.9. The number of hydrogen-bond acceptors (Lipinski definition) is 3. The summed E-state index contributed by atoms with van der Waals surface area (Å²) in [5.74, 6) is 1.94. The van der Waals surface area contributed by atoms with Gasteiger partial charge in [0.25, 0.3) is 0 Å². The van der Waals surface area contributed by atoms with Gasteiger partial charge in [0.05, 0.1) is 0 Å². The molecule has 1 aliphatic carbocycles. The first-order valence-corrected chi connectivity index (χ1v) is 7.71. The summed E-state index contributed by atoms with van der Waals surface area (Å²) in [5.41, 5.74) is 6.53. The highest BCUT2D eigenvalue weighted by molar-refractivity contribution is 5.00. The van der Waals surface area contributed by atoms with Gasteiger partial charge in [-0.25, -0.2) is 9.67 Å². The van der Waals surface area contributed by atoms with Gasteiger partial charge in [0.1, 0.15) is 12.2 Å². The van der Waals surface area contributed by atoms with E-state index in [0.29, 0.717) is 6.04 Å². The molecule has 0 spiro atoms. The Labute approximate surface area is 116 Å². The molecule has 4 nitrogen and oxygen atoms in total. The van der Waals surface area contributed by atoms with Gasteiger partial charge in [-0.3, -0.25) is 0 Å². The summed E-state index contributed by atoms with van der Waals surface area (Å²) >= 11 is 0. The summed E-state index contributed by atoms with van der Waals surface area (Å²) in [4.78, 5) is 4.40. The first kappa shape index (κ1) is 14.5. The molecule has 1 aliphatic rings. The summed E-state index contributed by atoms with van der Waals surface area (Å²) in [5, 5.41) is 4.31. The fraction of sp³-hybridized carbons (Fsp3) is 0.867. The molecule has 108 valence electrons. The maximum atomic E-state index is 6.60. The third-order valence-electron chi connectivity index (χ3n) is 4.44. The molecular formula is C15H28N4. The van der Waals surface area contributed by atoms with Crippen LogP contribution in [0.2, 0.25) is 0 Å². The molecule has 0 bridgehead atoms. The summed E-state index contributed by atoms with van der Waals surface area (Å²) in [6, 6.07) is 0.359. The Morgan fingerprint density at radius 1 is 1.42 bits per heavy atom. The van der Waals surface area contributed by atoms with Gasteiger partial charge in [0, 0.05) is 18.0 Å². The van der Waals surface area contributed by atoms with E-state index < -0.39 is 0 Å².